The number of nitrogens with one attached hydrogen (secondary N) is 2. The first-order valence-corrected chi connectivity index (χ1v) is 7.37. The summed E-state index contributed by atoms with van der Waals surface area (Å²) in [4.78, 5) is 11.8. The molecule has 1 saturated heterocycles. The number of carbonyl (C=O) groups excluding carboxylic acids is 1. The molecular formula is C16H25ClN2O2. The van der Waals surface area contributed by atoms with Gasteiger partial charge in [0.15, 0.2) is 0 Å². The molecule has 0 spiro atoms. The number of aryl methyl sites for hydroxylation is 1. The van der Waals surface area contributed by atoms with Gasteiger partial charge in [0.1, 0.15) is 11.9 Å². The average molecular weight is 313 g/mol. The molecule has 5 heteroatoms. The third-order valence-corrected chi connectivity index (χ3v) is 3.51. The minimum Gasteiger partial charge on any atom is -0.489 e. The Labute approximate surface area is 133 Å². The van der Waals surface area contributed by atoms with E-state index in [0.29, 0.717) is 19.0 Å². The highest BCUT2D eigenvalue weighted by Gasteiger charge is 2.17. The standard InChI is InChI=1S/C16H24N2O2.ClH/c1-12-5-3-7-15(9-12)20-13(2)11-18-16(19)10-14-6-4-8-17-14;/h3,5,7,9,13-14,17H,4,6,8,10-11H2,1-2H3,(H,18,19);1H. The first-order chi connectivity index (χ1) is 9.63. The van der Waals surface area contributed by atoms with Crippen molar-refractivity contribution in [1.29, 1.82) is 0 Å². The predicted octanol–water partition coefficient (Wildman–Crippen LogP) is 2.44. The molecule has 1 aliphatic rings. The van der Waals surface area contributed by atoms with Gasteiger partial charge in [-0.05, 0) is 50.9 Å². The van der Waals surface area contributed by atoms with Crippen LogP contribution < -0.4 is 15.4 Å². The molecule has 1 aromatic rings. The van der Waals surface area contributed by atoms with Gasteiger partial charge in [0.2, 0.25) is 5.91 Å². The molecule has 0 bridgehead atoms. The molecule has 1 amide bonds. The number of carbonyl (C=O) groups is 1. The van der Waals surface area contributed by atoms with E-state index in [4.69, 9.17) is 4.74 Å². The summed E-state index contributed by atoms with van der Waals surface area (Å²) in [5.74, 6) is 0.952. The molecule has 2 atom stereocenters. The van der Waals surface area contributed by atoms with Crippen LogP contribution in [0, 0.1) is 6.92 Å². The van der Waals surface area contributed by atoms with E-state index in [2.05, 4.69) is 10.6 Å². The molecule has 0 aliphatic carbocycles. The topological polar surface area (TPSA) is 50.4 Å². The van der Waals surface area contributed by atoms with Crippen LogP contribution in [0.1, 0.15) is 31.7 Å². The number of halogens is 1. The van der Waals surface area contributed by atoms with Crippen LogP contribution in [0.2, 0.25) is 0 Å². The first-order valence-electron chi connectivity index (χ1n) is 7.37. The van der Waals surface area contributed by atoms with Gasteiger partial charge in [0.25, 0.3) is 0 Å². The average Bonchev–Trinajstić information content (AvgIpc) is 2.89. The number of hydrogen-bond donors (Lipinski definition) is 2. The zero-order chi connectivity index (χ0) is 14.4. The van der Waals surface area contributed by atoms with Gasteiger partial charge in [0.05, 0.1) is 6.54 Å². The van der Waals surface area contributed by atoms with E-state index in [1.54, 1.807) is 0 Å². The van der Waals surface area contributed by atoms with Crippen molar-refractivity contribution in [2.45, 2.75) is 45.3 Å². The lowest BCUT2D eigenvalue weighted by molar-refractivity contribution is -0.121. The molecule has 2 unspecified atom stereocenters. The normalized spacial score (nSPS) is 18.7. The molecule has 1 aliphatic heterocycles. The van der Waals surface area contributed by atoms with Crippen LogP contribution in [0.5, 0.6) is 5.75 Å². The third-order valence-electron chi connectivity index (χ3n) is 3.51. The fourth-order valence-electron chi connectivity index (χ4n) is 2.45. The molecule has 1 heterocycles. The van der Waals surface area contributed by atoms with Crippen molar-refractivity contribution in [3.63, 3.8) is 0 Å². The van der Waals surface area contributed by atoms with Crippen LogP contribution in [-0.4, -0.2) is 31.1 Å². The Morgan fingerprint density at radius 3 is 3.00 bits per heavy atom. The van der Waals surface area contributed by atoms with Crippen LogP contribution in [0.25, 0.3) is 0 Å². The van der Waals surface area contributed by atoms with Crippen LogP contribution >= 0.6 is 12.4 Å². The second-order valence-corrected chi connectivity index (χ2v) is 5.55. The highest BCUT2D eigenvalue weighted by molar-refractivity contribution is 5.85. The molecule has 21 heavy (non-hydrogen) atoms. The van der Waals surface area contributed by atoms with Crippen molar-refractivity contribution in [2.75, 3.05) is 13.1 Å². The monoisotopic (exact) mass is 312 g/mol. The lowest BCUT2D eigenvalue weighted by Gasteiger charge is -2.16. The van der Waals surface area contributed by atoms with E-state index in [1.165, 1.54) is 12.0 Å². The SMILES string of the molecule is Cc1cccc(OC(C)CNC(=O)CC2CCCN2)c1.Cl. The summed E-state index contributed by atoms with van der Waals surface area (Å²) in [6.07, 6.45) is 2.81. The summed E-state index contributed by atoms with van der Waals surface area (Å²) < 4.78 is 5.79. The summed E-state index contributed by atoms with van der Waals surface area (Å²) in [6.45, 7) is 5.58. The summed E-state index contributed by atoms with van der Waals surface area (Å²) >= 11 is 0. The van der Waals surface area contributed by atoms with Crippen LogP contribution in [0.4, 0.5) is 0 Å². The Morgan fingerprint density at radius 2 is 2.33 bits per heavy atom. The Kier molecular flexibility index (Phi) is 7.54. The highest BCUT2D eigenvalue weighted by atomic mass is 35.5. The first kappa shape index (κ1) is 17.8. The van der Waals surface area contributed by atoms with Gasteiger partial charge in [-0.1, -0.05) is 12.1 Å². The Morgan fingerprint density at radius 1 is 1.52 bits per heavy atom. The third kappa shape index (κ3) is 6.36. The van der Waals surface area contributed by atoms with E-state index in [0.717, 1.165) is 18.7 Å². The van der Waals surface area contributed by atoms with Gasteiger partial charge in [-0.15, -0.1) is 12.4 Å². The number of benzene rings is 1. The summed E-state index contributed by atoms with van der Waals surface area (Å²) in [5, 5.41) is 6.27. The van der Waals surface area contributed by atoms with E-state index in [-0.39, 0.29) is 24.4 Å². The van der Waals surface area contributed by atoms with Gasteiger partial charge >= 0.3 is 0 Å². The number of ether oxygens (including phenoxy) is 1. The zero-order valence-electron chi connectivity index (χ0n) is 12.7. The van der Waals surface area contributed by atoms with Crippen molar-refractivity contribution < 1.29 is 9.53 Å². The Hall–Kier alpha value is -1.26. The van der Waals surface area contributed by atoms with Crippen LogP contribution in [0.3, 0.4) is 0 Å². The number of amides is 1. The smallest absolute Gasteiger partial charge is 0.221 e. The van der Waals surface area contributed by atoms with Gasteiger partial charge in [-0.3, -0.25) is 4.79 Å². The van der Waals surface area contributed by atoms with Crippen molar-refractivity contribution in [2.24, 2.45) is 0 Å². The van der Waals surface area contributed by atoms with Gasteiger partial charge in [-0.25, -0.2) is 0 Å². The van der Waals surface area contributed by atoms with Crippen molar-refractivity contribution >= 4 is 18.3 Å². The van der Waals surface area contributed by atoms with Crippen molar-refractivity contribution in [1.82, 2.24) is 10.6 Å². The summed E-state index contributed by atoms with van der Waals surface area (Å²) in [5.41, 5.74) is 1.17. The molecule has 0 radical (unpaired) electrons. The fourth-order valence-corrected chi connectivity index (χ4v) is 2.45. The molecule has 2 N–H and O–H groups in total. The second-order valence-electron chi connectivity index (χ2n) is 5.55. The zero-order valence-corrected chi connectivity index (χ0v) is 13.5. The quantitative estimate of drug-likeness (QED) is 0.848. The summed E-state index contributed by atoms with van der Waals surface area (Å²) in [6, 6.07) is 8.30. The molecular weight excluding hydrogens is 288 g/mol. The van der Waals surface area contributed by atoms with Gasteiger partial charge in [0, 0.05) is 12.5 Å². The largest absolute Gasteiger partial charge is 0.489 e. The maximum absolute atomic E-state index is 11.8. The molecule has 1 aromatic carbocycles. The highest BCUT2D eigenvalue weighted by Crippen LogP contribution is 2.14. The fraction of sp³-hybridized carbons (Fsp3) is 0.562. The molecule has 2 rings (SSSR count). The van der Waals surface area contributed by atoms with E-state index < -0.39 is 0 Å². The minimum absolute atomic E-state index is 0. The number of hydrogen-bond acceptors (Lipinski definition) is 3. The minimum atomic E-state index is -0.0303. The maximum Gasteiger partial charge on any atom is 0.221 e. The molecule has 118 valence electrons. The van der Waals surface area contributed by atoms with Gasteiger partial charge in [-0.2, -0.15) is 0 Å². The molecule has 0 aromatic heterocycles. The van der Waals surface area contributed by atoms with E-state index >= 15 is 0 Å². The van der Waals surface area contributed by atoms with Crippen LogP contribution in [-0.2, 0) is 4.79 Å². The molecule has 4 nitrogen and oxygen atoms in total. The van der Waals surface area contributed by atoms with E-state index in [1.807, 2.05) is 38.1 Å². The Balaban J connectivity index is 0.00000220. The molecule has 0 saturated carbocycles. The van der Waals surface area contributed by atoms with Crippen molar-refractivity contribution in [3.05, 3.63) is 29.8 Å². The molecule has 1 fully saturated rings. The van der Waals surface area contributed by atoms with E-state index in [9.17, 15) is 4.79 Å². The summed E-state index contributed by atoms with van der Waals surface area (Å²) in [7, 11) is 0. The lowest BCUT2D eigenvalue weighted by Crippen LogP contribution is -2.37. The Bertz CT molecular complexity index is 448. The van der Waals surface area contributed by atoms with Crippen molar-refractivity contribution in [3.8, 4) is 5.75 Å². The lowest BCUT2D eigenvalue weighted by atomic mass is 10.1. The number of rotatable bonds is 6. The van der Waals surface area contributed by atoms with Gasteiger partial charge < -0.3 is 15.4 Å². The predicted molar refractivity (Wildman–Crippen MR) is 87.2 cm³/mol. The second kappa shape index (κ2) is 8.90. The maximum atomic E-state index is 11.8. The van der Waals surface area contributed by atoms with Crippen LogP contribution in [0.15, 0.2) is 24.3 Å².